The monoisotopic (exact) mass is 317 g/mol. The molecule has 0 aliphatic carbocycles. The summed E-state index contributed by atoms with van der Waals surface area (Å²) in [7, 11) is -6.80. The van der Waals surface area contributed by atoms with Gasteiger partial charge in [0.05, 0.1) is 10.1 Å². The Hall–Kier alpha value is -0.920. The van der Waals surface area contributed by atoms with Crippen LogP contribution >= 0.6 is 0 Å². The molecule has 0 bridgehead atoms. The molecule has 112 valence electrons. The van der Waals surface area contributed by atoms with E-state index in [2.05, 4.69) is 0 Å². The first-order valence-electron chi connectivity index (χ1n) is 6.38. The van der Waals surface area contributed by atoms with Gasteiger partial charge in [0.2, 0.25) is 10.0 Å². The molecule has 1 aliphatic heterocycles. The second-order valence-electron chi connectivity index (χ2n) is 5.35. The van der Waals surface area contributed by atoms with Gasteiger partial charge in [-0.3, -0.25) is 0 Å². The summed E-state index contributed by atoms with van der Waals surface area (Å²) in [5, 5.41) is -0.594. The Morgan fingerprint density at radius 2 is 1.75 bits per heavy atom. The van der Waals surface area contributed by atoms with Gasteiger partial charge in [0, 0.05) is 19.3 Å². The quantitative estimate of drug-likeness (QED) is 0.837. The number of aryl methyl sites for hydroxylation is 2. The molecule has 0 saturated carbocycles. The van der Waals surface area contributed by atoms with E-state index in [0.29, 0.717) is 6.42 Å². The van der Waals surface area contributed by atoms with Gasteiger partial charge in [-0.25, -0.2) is 16.8 Å². The number of sulfonamides is 1. The van der Waals surface area contributed by atoms with E-state index in [0.717, 1.165) is 17.4 Å². The Labute approximate surface area is 120 Å². The molecule has 20 heavy (non-hydrogen) atoms. The average molecular weight is 317 g/mol. The van der Waals surface area contributed by atoms with Gasteiger partial charge in [0.25, 0.3) is 0 Å². The van der Waals surface area contributed by atoms with Crippen LogP contribution in [0.4, 0.5) is 0 Å². The Morgan fingerprint density at radius 1 is 1.10 bits per heavy atom. The van der Waals surface area contributed by atoms with E-state index < -0.39 is 25.1 Å². The molecule has 5 nitrogen and oxygen atoms in total. The van der Waals surface area contributed by atoms with Gasteiger partial charge < -0.3 is 0 Å². The molecule has 1 atom stereocenters. The summed E-state index contributed by atoms with van der Waals surface area (Å²) in [5.41, 5.74) is 1.93. The van der Waals surface area contributed by atoms with Gasteiger partial charge in [-0.05, 0) is 43.5 Å². The van der Waals surface area contributed by atoms with Gasteiger partial charge in [-0.1, -0.05) is 6.07 Å². The lowest BCUT2D eigenvalue weighted by Gasteiger charge is -2.17. The minimum Gasteiger partial charge on any atom is -0.229 e. The number of hydrogen-bond acceptors (Lipinski definition) is 4. The zero-order valence-electron chi connectivity index (χ0n) is 11.8. The molecule has 1 fully saturated rings. The van der Waals surface area contributed by atoms with Crippen LogP contribution in [0.15, 0.2) is 23.1 Å². The van der Waals surface area contributed by atoms with Crippen LogP contribution in [0.3, 0.4) is 0 Å². The molecule has 0 amide bonds. The van der Waals surface area contributed by atoms with E-state index in [1.54, 1.807) is 18.2 Å². The number of rotatable bonds is 3. The third-order valence-electron chi connectivity index (χ3n) is 3.83. The molecule has 1 saturated heterocycles. The lowest BCUT2D eigenvalue weighted by Crippen LogP contribution is -2.31. The van der Waals surface area contributed by atoms with Crippen LogP contribution in [0.1, 0.15) is 17.5 Å². The first-order chi connectivity index (χ1) is 9.12. The molecule has 0 aromatic heterocycles. The SMILES string of the molecule is Cc1ccc(S(=O)(=O)N2CC[C@@H](S(C)(=O)=O)C2)cc1C. The Kier molecular flexibility index (Phi) is 3.96. The fourth-order valence-corrected chi connectivity index (χ4v) is 4.95. The van der Waals surface area contributed by atoms with Crippen molar-refractivity contribution in [3.05, 3.63) is 29.3 Å². The van der Waals surface area contributed by atoms with Crippen molar-refractivity contribution in [2.24, 2.45) is 0 Å². The molecular weight excluding hydrogens is 298 g/mol. The minimum absolute atomic E-state index is 0.0497. The summed E-state index contributed by atoms with van der Waals surface area (Å²) >= 11 is 0. The van der Waals surface area contributed by atoms with Gasteiger partial charge in [0.1, 0.15) is 0 Å². The largest absolute Gasteiger partial charge is 0.243 e. The lowest BCUT2D eigenvalue weighted by atomic mass is 10.1. The van der Waals surface area contributed by atoms with E-state index in [1.165, 1.54) is 4.31 Å². The highest BCUT2D eigenvalue weighted by atomic mass is 32.2. The second-order valence-corrected chi connectivity index (χ2v) is 9.61. The molecule has 0 spiro atoms. The van der Waals surface area contributed by atoms with Crippen molar-refractivity contribution >= 4 is 19.9 Å². The number of hydrogen-bond donors (Lipinski definition) is 0. The Bertz CT molecular complexity index is 723. The molecular formula is C13H19NO4S2. The molecule has 7 heteroatoms. The molecule has 1 aromatic rings. The fourth-order valence-electron chi connectivity index (χ4n) is 2.29. The predicted octanol–water partition coefficient (Wildman–Crippen LogP) is 1.11. The first-order valence-corrected chi connectivity index (χ1v) is 9.78. The van der Waals surface area contributed by atoms with E-state index >= 15 is 0 Å². The van der Waals surface area contributed by atoms with Crippen LogP contribution in [0.25, 0.3) is 0 Å². The van der Waals surface area contributed by atoms with Crippen LogP contribution in [-0.2, 0) is 19.9 Å². The maximum absolute atomic E-state index is 12.5. The number of nitrogens with zero attached hydrogens (tertiary/aromatic N) is 1. The maximum atomic E-state index is 12.5. The molecule has 2 rings (SSSR count). The summed E-state index contributed by atoms with van der Waals surface area (Å²) in [4.78, 5) is 0.231. The molecule has 0 N–H and O–H groups in total. The topological polar surface area (TPSA) is 71.5 Å². The van der Waals surface area contributed by atoms with Crippen LogP contribution in [0.5, 0.6) is 0 Å². The Morgan fingerprint density at radius 3 is 2.25 bits per heavy atom. The average Bonchev–Trinajstić information content (AvgIpc) is 2.82. The summed E-state index contributed by atoms with van der Waals surface area (Å²) in [6.07, 6.45) is 1.52. The summed E-state index contributed by atoms with van der Waals surface area (Å²) in [6.45, 7) is 4.08. The van der Waals surface area contributed by atoms with Gasteiger partial charge >= 0.3 is 0 Å². The van der Waals surface area contributed by atoms with E-state index in [9.17, 15) is 16.8 Å². The van der Waals surface area contributed by atoms with Crippen LogP contribution in [0, 0.1) is 13.8 Å². The van der Waals surface area contributed by atoms with Gasteiger partial charge in [0.15, 0.2) is 9.84 Å². The highest BCUT2D eigenvalue weighted by Gasteiger charge is 2.36. The van der Waals surface area contributed by atoms with Crippen molar-refractivity contribution in [3.63, 3.8) is 0 Å². The van der Waals surface area contributed by atoms with Gasteiger partial charge in [-0.2, -0.15) is 4.31 Å². The van der Waals surface area contributed by atoms with Gasteiger partial charge in [-0.15, -0.1) is 0 Å². The van der Waals surface area contributed by atoms with Crippen LogP contribution in [-0.4, -0.2) is 45.7 Å². The summed E-state index contributed by atoms with van der Waals surface area (Å²) in [5.74, 6) is 0. The van der Waals surface area contributed by atoms with Crippen molar-refractivity contribution in [1.29, 1.82) is 0 Å². The predicted molar refractivity (Wildman–Crippen MR) is 77.9 cm³/mol. The van der Waals surface area contributed by atoms with E-state index in [-0.39, 0.29) is 18.0 Å². The summed E-state index contributed by atoms with van der Waals surface area (Å²) in [6, 6.07) is 4.98. The number of sulfone groups is 1. The highest BCUT2D eigenvalue weighted by Crippen LogP contribution is 2.25. The van der Waals surface area contributed by atoms with Crippen LogP contribution < -0.4 is 0 Å². The van der Waals surface area contributed by atoms with Crippen molar-refractivity contribution in [2.45, 2.75) is 30.4 Å². The zero-order chi connectivity index (χ0) is 15.1. The van der Waals surface area contributed by atoms with Crippen molar-refractivity contribution in [1.82, 2.24) is 4.31 Å². The van der Waals surface area contributed by atoms with Crippen molar-refractivity contribution < 1.29 is 16.8 Å². The minimum atomic E-state index is -3.60. The first kappa shape index (κ1) is 15.5. The number of benzene rings is 1. The maximum Gasteiger partial charge on any atom is 0.243 e. The third-order valence-corrected chi connectivity index (χ3v) is 7.29. The molecule has 0 radical (unpaired) electrons. The highest BCUT2D eigenvalue weighted by molar-refractivity contribution is 7.91. The Balaban J connectivity index is 2.30. The lowest BCUT2D eigenvalue weighted by molar-refractivity contribution is 0.476. The normalized spacial score (nSPS) is 21.2. The van der Waals surface area contributed by atoms with E-state index in [1.807, 2.05) is 13.8 Å². The molecule has 0 unspecified atom stereocenters. The summed E-state index contributed by atoms with van der Waals surface area (Å²) < 4.78 is 49.3. The van der Waals surface area contributed by atoms with Crippen LogP contribution in [0.2, 0.25) is 0 Å². The molecule has 1 heterocycles. The zero-order valence-corrected chi connectivity index (χ0v) is 13.5. The third kappa shape index (κ3) is 2.89. The fraction of sp³-hybridized carbons (Fsp3) is 0.538. The molecule has 1 aliphatic rings. The van der Waals surface area contributed by atoms with Crippen molar-refractivity contribution in [2.75, 3.05) is 19.3 Å². The molecule has 1 aromatic carbocycles. The smallest absolute Gasteiger partial charge is 0.229 e. The van der Waals surface area contributed by atoms with E-state index in [4.69, 9.17) is 0 Å². The van der Waals surface area contributed by atoms with Crippen molar-refractivity contribution in [3.8, 4) is 0 Å². The standard InChI is InChI=1S/C13H19NO4S2/c1-10-4-5-12(8-11(10)2)20(17,18)14-7-6-13(9-14)19(3,15)16/h4-5,8,13H,6-7,9H2,1-3H3/t13-/m1/s1. The second kappa shape index (κ2) is 5.13.